The van der Waals surface area contributed by atoms with Crippen LogP contribution in [0.25, 0.3) is 0 Å². The van der Waals surface area contributed by atoms with Crippen molar-refractivity contribution in [3.8, 4) is 0 Å². The largest absolute Gasteiger partial charge is 0.462 e. The van der Waals surface area contributed by atoms with Crippen LogP contribution in [0, 0.1) is 0 Å². The summed E-state index contributed by atoms with van der Waals surface area (Å²) in [5.41, 5.74) is 0. The highest BCUT2D eigenvalue weighted by atomic mass is 16.6. The second-order valence-electron chi connectivity index (χ2n) is 16.5. The summed E-state index contributed by atoms with van der Waals surface area (Å²) >= 11 is 0. The van der Waals surface area contributed by atoms with Gasteiger partial charge in [0.05, 0.1) is 6.42 Å². The summed E-state index contributed by atoms with van der Waals surface area (Å²) in [5.74, 6) is -1.09. The molecule has 0 aromatic carbocycles. The maximum absolute atomic E-state index is 12.8. The Hall–Kier alpha value is -4.19. The third kappa shape index (κ3) is 48.8. The number of hydrogen-bond donors (Lipinski definition) is 0. The summed E-state index contributed by atoms with van der Waals surface area (Å²) in [4.78, 5) is 37.8. The number of unbranched alkanes of at least 4 members (excludes halogenated alkanes) is 19. The molecule has 1 atom stereocenters. The summed E-state index contributed by atoms with van der Waals surface area (Å²) < 4.78 is 16.6. The van der Waals surface area contributed by atoms with Crippen molar-refractivity contribution in [1.82, 2.24) is 0 Å². The van der Waals surface area contributed by atoms with Gasteiger partial charge in [-0.15, -0.1) is 0 Å². The third-order valence-electron chi connectivity index (χ3n) is 10.3. The molecule has 0 aliphatic carbocycles. The van der Waals surface area contributed by atoms with Gasteiger partial charge < -0.3 is 14.2 Å². The molecule has 0 radical (unpaired) electrons. The first-order valence-electron chi connectivity index (χ1n) is 25.6. The molecular weight excluding hydrogens is 793 g/mol. The van der Waals surface area contributed by atoms with Crippen molar-refractivity contribution >= 4 is 17.9 Å². The second-order valence-corrected chi connectivity index (χ2v) is 16.5. The quantitative estimate of drug-likeness (QED) is 0.0199. The van der Waals surface area contributed by atoms with Gasteiger partial charge in [0.2, 0.25) is 0 Å². The molecule has 0 aliphatic rings. The smallest absolute Gasteiger partial charge is 0.309 e. The normalized spacial score (nSPS) is 13.1. The van der Waals surface area contributed by atoms with Gasteiger partial charge in [0, 0.05) is 12.8 Å². The molecule has 0 amide bonds. The van der Waals surface area contributed by atoms with E-state index in [-0.39, 0.29) is 38.0 Å². The molecule has 0 rings (SSSR count). The first-order valence-corrected chi connectivity index (χ1v) is 25.6. The Kier molecular flexibility index (Phi) is 48.1. The van der Waals surface area contributed by atoms with E-state index >= 15 is 0 Å². The van der Waals surface area contributed by atoms with Crippen LogP contribution in [0.5, 0.6) is 0 Å². The van der Waals surface area contributed by atoms with Gasteiger partial charge in [-0.3, -0.25) is 14.4 Å². The number of ether oxygens (including phenoxy) is 3. The predicted molar refractivity (Wildman–Crippen MR) is 274 cm³/mol. The van der Waals surface area contributed by atoms with Crippen molar-refractivity contribution in [2.24, 2.45) is 0 Å². The van der Waals surface area contributed by atoms with E-state index in [1.54, 1.807) is 6.08 Å². The van der Waals surface area contributed by atoms with Gasteiger partial charge in [-0.1, -0.05) is 232 Å². The molecule has 0 aliphatic heterocycles. The van der Waals surface area contributed by atoms with Crippen molar-refractivity contribution in [1.29, 1.82) is 0 Å². The monoisotopic (exact) mass is 885 g/mol. The van der Waals surface area contributed by atoms with E-state index in [0.29, 0.717) is 6.42 Å². The molecule has 0 fully saturated rings. The average molecular weight is 885 g/mol. The summed E-state index contributed by atoms with van der Waals surface area (Å²) in [6.45, 7) is 6.26. The lowest BCUT2D eigenvalue weighted by Gasteiger charge is -2.18. The topological polar surface area (TPSA) is 78.9 Å². The highest BCUT2D eigenvalue weighted by Gasteiger charge is 2.19. The average Bonchev–Trinajstić information content (AvgIpc) is 3.29. The van der Waals surface area contributed by atoms with Crippen LogP contribution >= 0.6 is 0 Å². The molecule has 0 aromatic heterocycles. The highest BCUT2D eigenvalue weighted by Crippen LogP contribution is 2.14. The molecule has 64 heavy (non-hydrogen) atoms. The minimum Gasteiger partial charge on any atom is -0.462 e. The first kappa shape index (κ1) is 59.8. The van der Waals surface area contributed by atoms with Crippen LogP contribution in [0.4, 0.5) is 0 Å². The van der Waals surface area contributed by atoms with Gasteiger partial charge >= 0.3 is 17.9 Å². The molecule has 0 aromatic rings. The van der Waals surface area contributed by atoms with Crippen molar-refractivity contribution in [3.63, 3.8) is 0 Å². The third-order valence-corrected chi connectivity index (χ3v) is 10.3. The molecule has 0 heterocycles. The lowest BCUT2D eigenvalue weighted by atomic mass is 10.1. The van der Waals surface area contributed by atoms with E-state index in [1.165, 1.54) is 83.5 Å². The fourth-order valence-corrected chi connectivity index (χ4v) is 6.52. The SMILES string of the molecule is CC/C=C\C/C=C\C/C=C\CC(=O)OCC(COC(=O)CCCCCCCCCCCC/C=C\C=C/CCCCC)OC(=O)CCCCCCC\C=C/C=C\C=C/C=C\C=C/CCC. The zero-order valence-corrected chi connectivity index (χ0v) is 41.0. The van der Waals surface area contributed by atoms with Crippen LogP contribution in [-0.4, -0.2) is 37.2 Å². The maximum atomic E-state index is 12.8. The number of allylic oxidation sites excluding steroid dienone is 19. The van der Waals surface area contributed by atoms with Crippen LogP contribution in [-0.2, 0) is 28.6 Å². The Morgan fingerprint density at radius 3 is 1.25 bits per heavy atom. The predicted octanol–water partition coefficient (Wildman–Crippen LogP) is 16.9. The molecule has 360 valence electrons. The summed E-state index contributed by atoms with van der Waals surface area (Å²) in [5, 5.41) is 0. The Morgan fingerprint density at radius 2 is 0.750 bits per heavy atom. The van der Waals surface area contributed by atoms with Gasteiger partial charge in [0.25, 0.3) is 0 Å². The second kappa shape index (κ2) is 51.4. The van der Waals surface area contributed by atoms with Crippen molar-refractivity contribution < 1.29 is 28.6 Å². The lowest BCUT2D eigenvalue weighted by molar-refractivity contribution is -0.166. The molecule has 1 unspecified atom stereocenters. The summed E-state index contributed by atoms with van der Waals surface area (Å²) in [6.07, 6.45) is 70.7. The first-order chi connectivity index (χ1) is 31.5. The Balaban J connectivity index is 4.44. The fourth-order valence-electron chi connectivity index (χ4n) is 6.52. The molecule has 0 saturated heterocycles. The van der Waals surface area contributed by atoms with Crippen molar-refractivity contribution in [3.05, 3.63) is 122 Å². The zero-order chi connectivity index (χ0) is 46.5. The maximum Gasteiger partial charge on any atom is 0.309 e. The van der Waals surface area contributed by atoms with Gasteiger partial charge in [-0.25, -0.2) is 0 Å². The van der Waals surface area contributed by atoms with Crippen LogP contribution in [0.1, 0.15) is 207 Å². The standard InChI is InChI=1S/C58H92O6/c1-4-7-10-13-16-19-21-23-25-27-29-31-32-34-36-39-42-45-48-51-57(60)63-54-55(53-62-56(59)50-47-44-41-38-18-15-12-9-6-3)64-58(61)52-49-46-43-40-37-35-33-30-28-26-24-22-20-17-14-11-8-5-2/h9,11-12,14,16-24,26,28,30,33,38,44,47,55H,4-8,10,13,15,25,27,29,31-32,34-37,39-43,45-46,48-54H2,1-3H3/b12-9-,14-11-,19-16-,20-17-,23-21-,24-22-,28-26-,33-30-,38-18-,47-44-. The molecule has 0 bridgehead atoms. The van der Waals surface area contributed by atoms with Gasteiger partial charge in [0.15, 0.2) is 6.10 Å². The van der Waals surface area contributed by atoms with E-state index in [4.69, 9.17) is 14.2 Å². The number of carbonyl (C=O) groups is 3. The number of carbonyl (C=O) groups excluding carboxylic acids is 3. The number of hydrogen-bond acceptors (Lipinski definition) is 6. The van der Waals surface area contributed by atoms with Gasteiger partial charge in [0.1, 0.15) is 13.2 Å². The molecule has 0 spiro atoms. The highest BCUT2D eigenvalue weighted by molar-refractivity contribution is 5.72. The fraction of sp³-hybridized carbons (Fsp3) is 0.603. The van der Waals surface area contributed by atoms with Crippen LogP contribution in [0.2, 0.25) is 0 Å². The number of esters is 3. The molecule has 6 nitrogen and oxygen atoms in total. The number of rotatable bonds is 44. The Labute approximate surface area is 392 Å². The Bertz CT molecular complexity index is 1390. The van der Waals surface area contributed by atoms with E-state index in [9.17, 15) is 14.4 Å². The lowest BCUT2D eigenvalue weighted by Crippen LogP contribution is -2.30. The van der Waals surface area contributed by atoms with E-state index < -0.39 is 12.1 Å². The molecule has 0 N–H and O–H groups in total. The minimum atomic E-state index is -0.831. The molecule has 0 saturated carbocycles. The zero-order valence-electron chi connectivity index (χ0n) is 41.0. The molecule has 6 heteroatoms. The van der Waals surface area contributed by atoms with Gasteiger partial charge in [-0.2, -0.15) is 0 Å². The summed E-state index contributed by atoms with van der Waals surface area (Å²) in [7, 11) is 0. The molecular formula is C58H92O6. The van der Waals surface area contributed by atoms with Gasteiger partial charge in [-0.05, 0) is 77.0 Å². The van der Waals surface area contributed by atoms with Crippen LogP contribution in [0.3, 0.4) is 0 Å². The van der Waals surface area contributed by atoms with Crippen molar-refractivity contribution in [2.75, 3.05) is 13.2 Å². The van der Waals surface area contributed by atoms with Crippen LogP contribution < -0.4 is 0 Å². The minimum absolute atomic E-state index is 0.121. The van der Waals surface area contributed by atoms with Crippen LogP contribution in [0.15, 0.2) is 122 Å². The van der Waals surface area contributed by atoms with E-state index in [0.717, 1.165) is 83.5 Å². The van der Waals surface area contributed by atoms with Crippen molar-refractivity contribution in [2.45, 2.75) is 213 Å². The van der Waals surface area contributed by atoms with E-state index in [1.807, 2.05) is 42.5 Å². The Morgan fingerprint density at radius 1 is 0.359 bits per heavy atom. The van der Waals surface area contributed by atoms with E-state index in [2.05, 4.69) is 93.7 Å². The summed E-state index contributed by atoms with van der Waals surface area (Å²) in [6, 6.07) is 0.